The van der Waals surface area contributed by atoms with Crippen molar-refractivity contribution in [2.75, 3.05) is 27.2 Å². The average Bonchev–Trinajstić information content (AvgIpc) is 3.23. The summed E-state index contributed by atoms with van der Waals surface area (Å²) in [5.41, 5.74) is 3.03. The van der Waals surface area contributed by atoms with Crippen LogP contribution in [0.4, 0.5) is 0 Å². The SMILES string of the molecule is Cc1nc2c(C)cccn2c1/C([O-])=C1\C(=O)C(=O)N(CCC[NH+](C)C)C1c1cccnc1. The van der Waals surface area contributed by atoms with Crippen molar-refractivity contribution in [2.24, 2.45) is 0 Å². The highest BCUT2D eigenvalue weighted by Crippen LogP contribution is 2.39. The number of ketones is 1. The normalized spacial score (nSPS) is 18.3. The van der Waals surface area contributed by atoms with Gasteiger partial charge in [0.2, 0.25) is 5.78 Å². The molecule has 0 aromatic carbocycles. The Hall–Kier alpha value is -3.52. The molecular weight excluding hydrogens is 406 g/mol. The van der Waals surface area contributed by atoms with Gasteiger partial charge in [0.15, 0.2) is 0 Å². The minimum atomic E-state index is -0.761. The van der Waals surface area contributed by atoms with Crippen LogP contribution in [0.1, 0.15) is 35.0 Å². The van der Waals surface area contributed by atoms with E-state index in [0.717, 1.165) is 12.1 Å². The number of aromatic nitrogens is 3. The summed E-state index contributed by atoms with van der Waals surface area (Å²) in [6.07, 6.45) is 5.71. The molecule has 0 spiro atoms. The van der Waals surface area contributed by atoms with Gasteiger partial charge in [-0.3, -0.25) is 14.6 Å². The Morgan fingerprint density at radius 1 is 1.19 bits per heavy atom. The van der Waals surface area contributed by atoms with E-state index < -0.39 is 23.5 Å². The Morgan fingerprint density at radius 3 is 2.66 bits per heavy atom. The van der Waals surface area contributed by atoms with Crippen LogP contribution >= 0.6 is 0 Å². The first-order valence-electron chi connectivity index (χ1n) is 10.7. The van der Waals surface area contributed by atoms with Crippen LogP contribution in [0.2, 0.25) is 0 Å². The number of fused-ring (bicyclic) bond motifs is 1. The standard InChI is InChI=1S/C24H27N5O3/c1-15-8-6-12-28-19(16(2)26-23(15)28)21(30)18-20(17-9-5-10-25-14-17)29(24(32)22(18)31)13-7-11-27(3)4/h5-6,8-10,12,14,20,30H,7,11,13H2,1-4H3/b21-18+. The lowest BCUT2D eigenvalue weighted by atomic mass is 9.97. The summed E-state index contributed by atoms with van der Waals surface area (Å²) in [5, 5.41) is 13.8. The van der Waals surface area contributed by atoms with Crippen molar-refractivity contribution < 1.29 is 19.6 Å². The predicted molar refractivity (Wildman–Crippen MR) is 118 cm³/mol. The highest BCUT2D eigenvalue weighted by Gasteiger charge is 2.44. The van der Waals surface area contributed by atoms with E-state index in [1.807, 2.05) is 33.2 Å². The Labute approximate surface area is 186 Å². The molecule has 0 saturated carbocycles. The quantitative estimate of drug-likeness (QED) is 0.338. The second-order valence-electron chi connectivity index (χ2n) is 8.50. The molecule has 0 radical (unpaired) electrons. The molecule has 166 valence electrons. The minimum Gasteiger partial charge on any atom is -0.871 e. The topological polar surface area (TPSA) is 95.1 Å². The summed E-state index contributed by atoms with van der Waals surface area (Å²) >= 11 is 0. The number of hydrogen-bond acceptors (Lipinski definition) is 5. The zero-order chi connectivity index (χ0) is 23.0. The molecule has 1 amide bonds. The number of aryl methyl sites for hydroxylation is 2. The molecule has 1 fully saturated rings. The van der Waals surface area contributed by atoms with Gasteiger partial charge in [-0.1, -0.05) is 17.9 Å². The maximum absolute atomic E-state index is 13.8. The molecule has 1 saturated heterocycles. The number of pyridine rings is 2. The summed E-state index contributed by atoms with van der Waals surface area (Å²) < 4.78 is 1.70. The van der Waals surface area contributed by atoms with E-state index in [1.165, 1.54) is 9.80 Å². The Balaban J connectivity index is 1.88. The van der Waals surface area contributed by atoms with Gasteiger partial charge in [0.25, 0.3) is 5.91 Å². The number of hydrogen-bond donors (Lipinski definition) is 1. The molecule has 8 nitrogen and oxygen atoms in total. The van der Waals surface area contributed by atoms with Crippen LogP contribution in [0.5, 0.6) is 0 Å². The first-order chi connectivity index (χ1) is 15.3. The highest BCUT2D eigenvalue weighted by atomic mass is 16.3. The maximum Gasteiger partial charge on any atom is 0.295 e. The van der Waals surface area contributed by atoms with E-state index in [-0.39, 0.29) is 5.57 Å². The third-order valence-corrected chi connectivity index (χ3v) is 5.84. The fourth-order valence-corrected chi connectivity index (χ4v) is 4.31. The lowest BCUT2D eigenvalue weighted by Crippen LogP contribution is -3.05. The zero-order valence-electron chi connectivity index (χ0n) is 18.8. The molecule has 0 aliphatic carbocycles. The van der Waals surface area contributed by atoms with Gasteiger partial charge in [-0.25, -0.2) is 4.98 Å². The van der Waals surface area contributed by atoms with Gasteiger partial charge in [-0.15, -0.1) is 0 Å². The van der Waals surface area contributed by atoms with Crippen LogP contribution in [0.25, 0.3) is 11.4 Å². The molecule has 1 aliphatic heterocycles. The number of quaternary nitrogens is 1. The van der Waals surface area contributed by atoms with E-state index in [9.17, 15) is 14.7 Å². The van der Waals surface area contributed by atoms with Gasteiger partial charge in [-0.2, -0.15) is 0 Å². The molecule has 1 unspecified atom stereocenters. The number of nitrogens with zero attached hydrogens (tertiary/aromatic N) is 4. The number of rotatable bonds is 6. The van der Waals surface area contributed by atoms with E-state index in [0.29, 0.717) is 35.6 Å². The van der Waals surface area contributed by atoms with Crippen molar-refractivity contribution in [1.82, 2.24) is 19.3 Å². The van der Waals surface area contributed by atoms with Crippen LogP contribution in [-0.4, -0.2) is 58.1 Å². The molecule has 4 rings (SSSR count). The molecule has 3 aromatic rings. The smallest absolute Gasteiger partial charge is 0.295 e. The van der Waals surface area contributed by atoms with Crippen LogP contribution < -0.4 is 10.0 Å². The summed E-state index contributed by atoms with van der Waals surface area (Å²) in [7, 11) is 4.07. The van der Waals surface area contributed by atoms with Crippen molar-refractivity contribution in [3.05, 3.63) is 70.9 Å². The summed E-state index contributed by atoms with van der Waals surface area (Å²) in [6.45, 7) is 4.89. The Morgan fingerprint density at radius 2 is 1.97 bits per heavy atom. The molecular formula is C24H27N5O3. The maximum atomic E-state index is 13.8. The molecule has 1 atom stereocenters. The van der Waals surface area contributed by atoms with Gasteiger partial charge in [0, 0.05) is 37.1 Å². The number of likely N-dealkylation sites (tertiary alicyclic amines) is 1. The first kappa shape index (κ1) is 21.7. The van der Waals surface area contributed by atoms with Gasteiger partial charge in [-0.05, 0) is 37.1 Å². The summed E-state index contributed by atoms with van der Waals surface area (Å²) in [4.78, 5) is 37.6. The zero-order valence-corrected chi connectivity index (χ0v) is 18.8. The largest absolute Gasteiger partial charge is 0.871 e. The van der Waals surface area contributed by atoms with Crippen molar-refractivity contribution in [3.63, 3.8) is 0 Å². The van der Waals surface area contributed by atoms with E-state index in [1.54, 1.807) is 42.0 Å². The summed E-state index contributed by atoms with van der Waals surface area (Å²) in [6, 6.07) is 6.53. The highest BCUT2D eigenvalue weighted by molar-refractivity contribution is 6.46. The molecule has 4 heterocycles. The fourth-order valence-electron chi connectivity index (χ4n) is 4.31. The molecule has 3 aromatic heterocycles. The fraction of sp³-hybridized carbons (Fsp3) is 0.333. The molecule has 8 heteroatoms. The molecule has 32 heavy (non-hydrogen) atoms. The number of Topliss-reactive ketones (excluding diaryl/α,β-unsaturated/α-hetero) is 1. The third kappa shape index (κ3) is 3.67. The lowest BCUT2D eigenvalue weighted by Gasteiger charge is -2.27. The van der Waals surface area contributed by atoms with E-state index in [2.05, 4.69) is 9.97 Å². The van der Waals surface area contributed by atoms with Crippen LogP contribution in [0.3, 0.4) is 0 Å². The molecule has 1 N–H and O–H groups in total. The number of carbonyl (C=O) groups excluding carboxylic acids is 2. The van der Waals surface area contributed by atoms with Gasteiger partial charge < -0.3 is 19.3 Å². The second kappa shape index (κ2) is 8.55. The van der Waals surface area contributed by atoms with Gasteiger partial charge in [0.1, 0.15) is 5.65 Å². The number of imidazole rings is 1. The Kier molecular flexibility index (Phi) is 5.80. The first-order valence-corrected chi connectivity index (χ1v) is 10.7. The van der Waals surface area contributed by atoms with Crippen molar-refractivity contribution in [1.29, 1.82) is 0 Å². The third-order valence-electron chi connectivity index (χ3n) is 5.84. The van der Waals surface area contributed by atoms with Crippen molar-refractivity contribution in [3.8, 4) is 0 Å². The van der Waals surface area contributed by atoms with Gasteiger partial charge >= 0.3 is 0 Å². The summed E-state index contributed by atoms with van der Waals surface area (Å²) in [5.74, 6) is -1.85. The number of amides is 1. The predicted octanol–water partition coefficient (Wildman–Crippen LogP) is 0.105. The van der Waals surface area contributed by atoms with Crippen LogP contribution in [0, 0.1) is 13.8 Å². The van der Waals surface area contributed by atoms with Crippen LogP contribution in [-0.2, 0) is 9.59 Å². The molecule has 0 bridgehead atoms. The number of nitrogens with one attached hydrogen (secondary N) is 1. The van der Waals surface area contributed by atoms with Crippen molar-refractivity contribution >= 4 is 23.1 Å². The van der Waals surface area contributed by atoms with Gasteiger partial charge in [0.05, 0.1) is 38.1 Å². The second-order valence-corrected chi connectivity index (χ2v) is 8.50. The average molecular weight is 434 g/mol. The lowest BCUT2D eigenvalue weighted by molar-refractivity contribution is -0.858. The van der Waals surface area contributed by atoms with E-state index in [4.69, 9.17) is 0 Å². The monoisotopic (exact) mass is 433 g/mol. The number of carbonyl (C=O) groups is 2. The Bertz CT molecular complexity index is 1210. The van der Waals surface area contributed by atoms with Crippen molar-refractivity contribution in [2.45, 2.75) is 26.3 Å². The van der Waals surface area contributed by atoms with E-state index >= 15 is 0 Å². The molecule has 1 aliphatic rings. The van der Waals surface area contributed by atoms with Crippen LogP contribution in [0.15, 0.2) is 48.4 Å². The minimum absolute atomic E-state index is 0.0355.